The van der Waals surface area contributed by atoms with Gasteiger partial charge in [0.1, 0.15) is 0 Å². The van der Waals surface area contributed by atoms with Crippen molar-refractivity contribution in [2.75, 3.05) is 28.4 Å². The van der Waals surface area contributed by atoms with Crippen molar-refractivity contribution in [1.82, 2.24) is 10.2 Å². The molecule has 7 heteroatoms. The third-order valence-electron chi connectivity index (χ3n) is 5.17. The number of fused-ring (bicyclic) bond motifs is 2. The van der Waals surface area contributed by atoms with Crippen molar-refractivity contribution >= 4 is 28.8 Å². The molecule has 0 unspecified atom stereocenters. The second-order valence-corrected chi connectivity index (χ2v) is 6.95. The molecule has 0 saturated heterocycles. The molecule has 1 atom stereocenters. The van der Waals surface area contributed by atoms with E-state index >= 15 is 0 Å². The smallest absolute Gasteiger partial charge is 0.203 e. The monoisotopic (exact) mass is 396 g/mol. The van der Waals surface area contributed by atoms with Gasteiger partial charge in [-0.3, -0.25) is 4.79 Å². The number of ether oxygens (including phenoxy) is 3. The van der Waals surface area contributed by atoms with Crippen LogP contribution in [0.3, 0.4) is 0 Å². The first-order valence-corrected chi connectivity index (χ1v) is 9.14. The van der Waals surface area contributed by atoms with Gasteiger partial charge in [-0.1, -0.05) is 24.3 Å². The Hall–Kier alpha value is -3.06. The molecule has 2 aliphatic rings. The molecule has 6 nitrogen and oxygen atoms in total. The van der Waals surface area contributed by atoms with Crippen LogP contribution in [0.15, 0.2) is 42.0 Å². The maximum atomic E-state index is 13.2. The zero-order chi connectivity index (χ0) is 20.0. The SMILES string of the molecule is COc1cc([C@@H]2C3=C(NC(=S)N2C)c2ccccc2C3=O)cc(OC)c1OC. The lowest BCUT2D eigenvalue weighted by atomic mass is 9.92. The predicted molar refractivity (Wildman–Crippen MR) is 110 cm³/mol. The summed E-state index contributed by atoms with van der Waals surface area (Å²) in [5, 5.41) is 3.77. The fourth-order valence-electron chi connectivity index (χ4n) is 3.85. The number of hydrogen-bond donors (Lipinski definition) is 1. The Kier molecular flexibility index (Phi) is 4.47. The molecule has 0 amide bonds. The molecule has 144 valence electrons. The van der Waals surface area contributed by atoms with Crippen molar-refractivity contribution in [3.05, 3.63) is 58.7 Å². The van der Waals surface area contributed by atoms with Crippen LogP contribution >= 0.6 is 12.2 Å². The third-order valence-corrected chi connectivity index (χ3v) is 5.56. The van der Waals surface area contributed by atoms with Gasteiger partial charge in [-0.15, -0.1) is 0 Å². The van der Waals surface area contributed by atoms with Gasteiger partial charge in [0.25, 0.3) is 0 Å². The fourth-order valence-corrected chi connectivity index (χ4v) is 4.06. The van der Waals surface area contributed by atoms with Gasteiger partial charge in [0.05, 0.1) is 38.6 Å². The number of thiocarbonyl (C=S) groups is 1. The summed E-state index contributed by atoms with van der Waals surface area (Å²) in [7, 11) is 6.56. The highest BCUT2D eigenvalue weighted by molar-refractivity contribution is 7.80. The van der Waals surface area contributed by atoms with Gasteiger partial charge in [-0.2, -0.15) is 0 Å². The van der Waals surface area contributed by atoms with Crippen molar-refractivity contribution in [1.29, 1.82) is 0 Å². The summed E-state index contributed by atoms with van der Waals surface area (Å²) in [5.74, 6) is 1.55. The number of ketones is 1. The summed E-state index contributed by atoms with van der Waals surface area (Å²) < 4.78 is 16.4. The lowest BCUT2D eigenvalue weighted by Crippen LogP contribution is -2.44. The predicted octanol–water partition coefficient (Wildman–Crippen LogP) is 3.18. The number of likely N-dealkylation sites (N-methyl/N-ethyl adjacent to an activating group) is 1. The first-order chi connectivity index (χ1) is 13.5. The highest BCUT2D eigenvalue weighted by Gasteiger charge is 2.41. The highest BCUT2D eigenvalue weighted by Crippen LogP contribution is 2.47. The largest absolute Gasteiger partial charge is 0.493 e. The van der Waals surface area contributed by atoms with Gasteiger partial charge in [0.15, 0.2) is 22.4 Å². The van der Waals surface area contributed by atoms with Crippen LogP contribution in [0, 0.1) is 0 Å². The normalized spacial score (nSPS) is 17.9. The van der Waals surface area contributed by atoms with Crippen molar-refractivity contribution in [3.8, 4) is 17.2 Å². The Morgan fingerprint density at radius 3 is 2.18 bits per heavy atom. The summed E-state index contributed by atoms with van der Waals surface area (Å²) in [6.45, 7) is 0. The standard InChI is InChI=1S/C21H20N2O4S/c1-23-18(11-9-14(25-2)20(27-4)15(10-11)26-3)16-17(22-21(23)28)12-7-5-6-8-13(12)19(16)24/h5-10,18H,1-4H3,(H,22,28)/t18-/m1/s1. The zero-order valence-electron chi connectivity index (χ0n) is 16.0. The van der Waals surface area contributed by atoms with Crippen molar-refractivity contribution in [2.24, 2.45) is 0 Å². The molecule has 0 radical (unpaired) electrons. The number of Topliss-reactive ketones (excluding diaryl/α,β-unsaturated/α-hetero) is 1. The Bertz CT molecular complexity index is 1010. The average molecular weight is 396 g/mol. The van der Waals surface area contributed by atoms with E-state index in [1.807, 2.05) is 48.3 Å². The minimum Gasteiger partial charge on any atom is -0.493 e. The molecule has 0 bridgehead atoms. The van der Waals surface area contributed by atoms with E-state index in [4.69, 9.17) is 26.4 Å². The lowest BCUT2D eigenvalue weighted by molar-refractivity contribution is 0.102. The molecule has 1 N–H and O–H groups in total. The van der Waals surface area contributed by atoms with E-state index < -0.39 is 0 Å². The quantitative estimate of drug-likeness (QED) is 0.797. The average Bonchev–Trinajstić information content (AvgIpc) is 2.99. The first-order valence-electron chi connectivity index (χ1n) is 8.73. The van der Waals surface area contributed by atoms with Crippen LogP contribution in [-0.2, 0) is 0 Å². The van der Waals surface area contributed by atoms with Gasteiger partial charge in [0, 0.05) is 18.2 Å². The highest BCUT2D eigenvalue weighted by atomic mass is 32.1. The number of nitrogens with one attached hydrogen (secondary N) is 1. The van der Waals surface area contributed by atoms with E-state index in [9.17, 15) is 4.79 Å². The number of benzene rings is 2. The molecule has 0 spiro atoms. The number of methoxy groups -OCH3 is 3. The molecular formula is C21H20N2O4S. The second-order valence-electron chi connectivity index (χ2n) is 6.57. The Balaban J connectivity index is 1.93. The van der Waals surface area contributed by atoms with E-state index in [1.165, 1.54) is 0 Å². The minimum atomic E-state index is -0.377. The van der Waals surface area contributed by atoms with Crippen molar-refractivity contribution in [3.63, 3.8) is 0 Å². The van der Waals surface area contributed by atoms with Gasteiger partial charge < -0.3 is 24.4 Å². The van der Waals surface area contributed by atoms with E-state index in [0.29, 0.717) is 33.5 Å². The zero-order valence-corrected chi connectivity index (χ0v) is 16.8. The molecule has 0 aromatic heterocycles. The van der Waals surface area contributed by atoms with E-state index in [-0.39, 0.29) is 11.8 Å². The number of rotatable bonds is 4. The van der Waals surface area contributed by atoms with Crippen LogP contribution in [0.2, 0.25) is 0 Å². The number of hydrogen-bond acceptors (Lipinski definition) is 5. The molecule has 2 aromatic rings. The first kappa shape index (κ1) is 18.3. The molecule has 1 aliphatic heterocycles. The summed E-state index contributed by atoms with van der Waals surface area (Å²) in [5.41, 5.74) is 3.80. The number of carbonyl (C=O) groups is 1. The molecule has 1 aliphatic carbocycles. The minimum absolute atomic E-state index is 0.00815. The fraction of sp³-hybridized carbons (Fsp3) is 0.238. The summed E-state index contributed by atoms with van der Waals surface area (Å²) in [6.07, 6.45) is 0. The van der Waals surface area contributed by atoms with E-state index in [1.54, 1.807) is 21.3 Å². The topological polar surface area (TPSA) is 60.0 Å². The summed E-state index contributed by atoms with van der Waals surface area (Å²) in [6, 6.07) is 10.9. The molecule has 0 saturated carbocycles. The van der Waals surface area contributed by atoms with E-state index in [2.05, 4.69) is 5.32 Å². The number of nitrogens with zero attached hydrogens (tertiary/aromatic N) is 1. The molecular weight excluding hydrogens is 376 g/mol. The molecule has 0 fully saturated rings. The van der Waals surface area contributed by atoms with Gasteiger partial charge >= 0.3 is 0 Å². The maximum absolute atomic E-state index is 13.2. The molecule has 4 rings (SSSR count). The van der Waals surface area contributed by atoms with Crippen LogP contribution in [-0.4, -0.2) is 44.2 Å². The Morgan fingerprint density at radius 1 is 1.00 bits per heavy atom. The lowest BCUT2D eigenvalue weighted by Gasteiger charge is -2.36. The Labute approximate surface area is 168 Å². The van der Waals surface area contributed by atoms with Gasteiger partial charge in [-0.05, 0) is 29.9 Å². The van der Waals surface area contributed by atoms with Gasteiger partial charge in [0.2, 0.25) is 5.75 Å². The van der Waals surface area contributed by atoms with Crippen LogP contribution in [0.1, 0.15) is 27.5 Å². The van der Waals surface area contributed by atoms with Gasteiger partial charge in [-0.25, -0.2) is 0 Å². The van der Waals surface area contributed by atoms with Crippen LogP contribution < -0.4 is 19.5 Å². The molecule has 28 heavy (non-hydrogen) atoms. The maximum Gasteiger partial charge on any atom is 0.203 e. The van der Waals surface area contributed by atoms with Crippen LogP contribution in [0.5, 0.6) is 17.2 Å². The molecule has 2 aromatic carbocycles. The third kappa shape index (κ3) is 2.54. The second kappa shape index (κ2) is 6.83. The van der Waals surface area contributed by atoms with Crippen LogP contribution in [0.25, 0.3) is 5.70 Å². The van der Waals surface area contributed by atoms with Crippen molar-refractivity contribution < 1.29 is 19.0 Å². The summed E-state index contributed by atoms with van der Waals surface area (Å²) >= 11 is 5.55. The molecule has 1 heterocycles. The number of carbonyl (C=O) groups excluding carboxylic acids is 1. The van der Waals surface area contributed by atoms with Crippen molar-refractivity contribution in [2.45, 2.75) is 6.04 Å². The van der Waals surface area contributed by atoms with Crippen LogP contribution in [0.4, 0.5) is 0 Å². The van der Waals surface area contributed by atoms with E-state index in [0.717, 1.165) is 16.8 Å². The Morgan fingerprint density at radius 2 is 1.61 bits per heavy atom. The summed E-state index contributed by atoms with van der Waals surface area (Å²) in [4.78, 5) is 15.1.